The molecule has 9 nitrogen and oxygen atoms in total. The lowest BCUT2D eigenvalue weighted by Gasteiger charge is -2.33. The summed E-state index contributed by atoms with van der Waals surface area (Å²) in [4.78, 5) is 28.0. The van der Waals surface area contributed by atoms with Gasteiger partial charge in [-0.05, 0) is 54.8 Å². The molecule has 0 aliphatic carbocycles. The Balaban J connectivity index is 2.42. The van der Waals surface area contributed by atoms with E-state index in [4.69, 9.17) is 9.47 Å². The van der Waals surface area contributed by atoms with Crippen LogP contribution >= 0.6 is 0 Å². The number of methoxy groups -OCH3 is 2. The highest BCUT2D eigenvalue weighted by Crippen LogP contribution is 2.23. The number of nitrogens with one attached hydrogen (secondary N) is 1. The van der Waals surface area contributed by atoms with Crippen molar-refractivity contribution in [1.82, 2.24) is 10.2 Å². The van der Waals surface area contributed by atoms with E-state index >= 15 is 0 Å². The Hall–Kier alpha value is -3.27. The van der Waals surface area contributed by atoms with Crippen LogP contribution in [-0.4, -0.2) is 64.7 Å². The van der Waals surface area contributed by atoms with Gasteiger partial charge in [0.15, 0.2) is 0 Å². The summed E-state index contributed by atoms with van der Waals surface area (Å²) in [6.45, 7) is 3.91. The van der Waals surface area contributed by atoms with E-state index in [1.165, 1.54) is 12.0 Å². The summed E-state index contributed by atoms with van der Waals surface area (Å²) in [5.74, 6) is 0.412. The normalized spacial score (nSPS) is 11.9. The van der Waals surface area contributed by atoms with E-state index in [1.807, 2.05) is 19.9 Å². The van der Waals surface area contributed by atoms with Crippen molar-refractivity contribution in [2.24, 2.45) is 0 Å². The number of hydrogen-bond acceptors (Lipinski definition) is 6. The summed E-state index contributed by atoms with van der Waals surface area (Å²) in [5.41, 5.74) is 1.08. The number of anilines is 1. The Bertz CT molecular complexity index is 1090. The summed E-state index contributed by atoms with van der Waals surface area (Å²) in [7, 11) is -0.731. The molecule has 0 aliphatic heterocycles. The molecule has 35 heavy (non-hydrogen) atoms. The number of benzene rings is 2. The van der Waals surface area contributed by atoms with Crippen LogP contribution in [0.25, 0.3) is 0 Å². The Kier molecular flexibility index (Phi) is 10.4. The number of ether oxygens (including phenoxy) is 2. The maximum Gasteiger partial charge on any atom is 0.244 e. The predicted molar refractivity (Wildman–Crippen MR) is 136 cm³/mol. The number of carbonyl (C=O) groups excluding carboxylic acids is 2. The third kappa shape index (κ3) is 7.88. The largest absolute Gasteiger partial charge is 0.497 e. The number of nitrogens with zero attached hydrogens (tertiary/aromatic N) is 2. The first-order valence-corrected chi connectivity index (χ1v) is 13.3. The molecule has 0 saturated carbocycles. The first-order valence-electron chi connectivity index (χ1n) is 11.5. The minimum atomic E-state index is -3.79. The van der Waals surface area contributed by atoms with Gasteiger partial charge in [-0.25, -0.2) is 8.42 Å². The SMILES string of the molecule is CCCNC(=O)[C@H](CC)N(Cc1cccc(OC)c1)C(=O)CN(c1ccc(OC)cc1)S(C)(=O)=O. The van der Waals surface area contributed by atoms with E-state index in [9.17, 15) is 18.0 Å². The van der Waals surface area contributed by atoms with E-state index in [0.29, 0.717) is 30.2 Å². The maximum absolute atomic E-state index is 13.6. The zero-order valence-electron chi connectivity index (χ0n) is 21.0. The smallest absolute Gasteiger partial charge is 0.244 e. The molecule has 10 heteroatoms. The summed E-state index contributed by atoms with van der Waals surface area (Å²) >= 11 is 0. The second-order valence-corrected chi connectivity index (χ2v) is 9.96. The Morgan fingerprint density at radius 3 is 2.20 bits per heavy atom. The fourth-order valence-corrected chi connectivity index (χ4v) is 4.46. The number of sulfonamides is 1. The first-order chi connectivity index (χ1) is 16.6. The van der Waals surface area contributed by atoms with E-state index in [1.54, 1.807) is 49.6 Å². The molecule has 2 aromatic rings. The van der Waals surface area contributed by atoms with Gasteiger partial charge in [0, 0.05) is 13.1 Å². The highest BCUT2D eigenvalue weighted by Gasteiger charge is 2.31. The molecule has 0 radical (unpaired) electrons. The second-order valence-electron chi connectivity index (χ2n) is 8.06. The van der Waals surface area contributed by atoms with E-state index in [0.717, 1.165) is 22.5 Å². The maximum atomic E-state index is 13.6. The van der Waals surface area contributed by atoms with Gasteiger partial charge in [0.05, 0.1) is 26.2 Å². The molecule has 192 valence electrons. The van der Waals surface area contributed by atoms with Crippen LogP contribution in [0.4, 0.5) is 5.69 Å². The molecule has 2 amide bonds. The molecule has 0 spiro atoms. The van der Waals surface area contributed by atoms with Gasteiger partial charge in [0.25, 0.3) is 0 Å². The quantitative estimate of drug-likeness (QED) is 0.449. The van der Waals surface area contributed by atoms with Crippen molar-refractivity contribution in [3.05, 3.63) is 54.1 Å². The number of carbonyl (C=O) groups is 2. The van der Waals surface area contributed by atoms with Crippen molar-refractivity contribution in [2.75, 3.05) is 37.9 Å². The number of amides is 2. The fraction of sp³-hybridized carbons (Fsp3) is 0.440. The lowest BCUT2D eigenvalue weighted by Crippen LogP contribution is -2.52. The van der Waals surface area contributed by atoms with Gasteiger partial charge in [-0.2, -0.15) is 0 Å². The lowest BCUT2D eigenvalue weighted by molar-refractivity contribution is -0.140. The van der Waals surface area contributed by atoms with Gasteiger partial charge in [-0.3, -0.25) is 13.9 Å². The Morgan fingerprint density at radius 1 is 1.00 bits per heavy atom. The van der Waals surface area contributed by atoms with Gasteiger partial charge in [-0.15, -0.1) is 0 Å². The standard InChI is InChI=1S/C25H35N3O6S/c1-6-15-26-25(30)23(7-2)27(17-19-9-8-10-22(16-19)34-4)24(29)18-28(35(5,31)32)20-11-13-21(33-3)14-12-20/h8-14,16,23H,6-7,15,17-18H2,1-5H3,(H,26,30)/t23-/m0/s1. The molecule has 0 fully saturated rings. The topological polar surface area (TPSA) is 105 Å². The van der Waals surface area contributed by atoms with Crippen molar-refractivity contribution in [3.63, 3.8) is 0 Å². The van der Waals surface area contributed by atoms with E-state index < -0.39 is 28.5 Å². The van der Waals surface area contributed by atoms with Crippen molar-refractivity contribution >= 4 is 27.5 Å². The van der Waals surface area contributed by atoms with E-state index in [2.05, 4.69) is 5.32 Å². The molecule has 1 N–H and O–H groups in total. The van der Waals surface area contributed by atoms with Crippen LogP contribution in [0.15, 0.2) is 48.5 Å². The minimum absolute atomic E-state index is 0.119. The van der Waals surface area contributed by atoms with Crippen LogP contribution in [0.1, 0.15) is 32.3 Å². The second kappa shape index (κ2) is 13.0. The molecule has 2 aromatic carbocycles. The minimum Gasteiger partial charge on any atom is -0.497 e. The molecule has 0 unspecified atom stereocenters. The van der Waals surface area contributed by atoms with Gasteiger partial charge in [-0.1, -0.05) is 26.0 Å². The summed E-state index contributed by atoms with van der Waals surface area (Å²) in [5, 5.41) is 2.85. The monoisotopic (exact) mass is 505 g/mol. The van der Waals surface area contributed by atoms with Crippen LogP contribution < -0.4 is 19.1 Å². The lowest BCUT2D eigenvalue weighted by atomic mass is 10.1. The summed E-state index contributed by atoms with van der Waals surface area (Å²) < 4.78 is 36.7. The van der Waals surface area contributed by atoms with Crippen LogP contribution in [0.3, 0.4) is 0 Å². The molecule has 0 aliphatic rings. The van der Waals surface area contributed by atoms with Crippen molar-refractivity contribution in [1.29, 1.82) is 0 Å². The van der Waals surface area contributed by atoms with Crippen LogP contribution in [0.5, 0.6) is 11.5 Å². The first kappa shape index (κ1) is 28.0. The zero-order valence-corrected chi connectivity index (χ0v) is 21.8. The average molecular weight is 506 g/mol. The molecule has 2 rings (SSSR count). The zero-order chi connectivity index (χ0) is 26.0. The highest BCUT2D eigenvalue weighted by atomic mass is 32.2. The molecular formula is C25H35N3O6S. The predicted octanol–water partition coefficient (Wildman–Crippen LogP) is 2.80. The van der Waals surface area contributed by atoms with E-state index in [-0.39, 0.29) is 12.5 Å². The Labute approximate surface area is 208 Å². The summed E-state index contributed by atoms with van der Waals surface area (Å²) in [6.07, 6.45) is 2.17. The Morgan fingerprint density at radius 2 is 1.66 bits per heavy atom. The number of hydrogen-bond donors (Lipinski definition) is 1. The van der Waals surface area contributed by atoms with Crippen LogP contribution in [0, 0.1) is 0 Å². The molecule has 0 saturated heterocycles. The fourth-order valence-electron chi connectivity index (χ4n) is 3.62. The third-order valence-corrected chi connectivity index (χ3v) is 6.60. The molecule has 0 bridgehead atoms. The molecule has 1 atom stereocenters. The average Bonchev–Trinajstić information content (AvgIpc) is 2.85. The van der Waals surface area contributed by atoms with Gasteiger partial charge < -0.3 is 19.7 Å². The van der Waals surface area contributed by atoms with Gasteiger partial charge in [0.1, 0.15) is 24.1 Å². The van der Waals surface area contributed by atoms with Gasteiger partial charge in [0.2, 0.25) is 21.8 Å². The molecule has 0 aromatic heterocycles. The summed E-state index contributed by atoms with van der Waals surface area (Å²) in [6, 6.07) is 12.8. The van der Waals surface area contributed by atoms with Crippen LogP contribution in [-0.2, 0) is 26.2 Å². The number of rotatable bonds is 13. The van der Waals surface area contributed by atoms with Crippen molar-refractivity contribution < 1.29 is 27.5 Å². The molecule has 0 heterocycles. The van der Waals surface area contributed by atoms with Crippen molar-refractivity contribution in [2.45, 2.75) is 39.3 Å². The van der Waals surface area contributed by atoms with Gasteiger partial charge >= 0.3 is 0 Å². The van der Waals surface area contributed by atoms with Crippen LogP contribution in [0.2, 0.25) is 0 Å². The third-order valence-electron chi connectivity index (χ3n) is 5.46. The molecular weight excluding hydrogens is 470 g/mol. The van der Waals surface area contributed by atoms with Crippen molar-refractivity contribution in [3.8, 4) is 11.5 Å². The highest BCUT2D eigenvalue weighted by molar-refractivity contribution is 7.92.